The standard InChI is InChI=1S/C21H27F3N4O3S2/c1-20(2)18(29)28(16-10-9-15(14-25)17(13-16)21(22,23)24)19(32)27(20)11-7-5-3-4-6-8-12-33(26,30)31/h9-10,13H,3-8,11-12H2,1-2H3,(H2,26,30,31). The van der Waals surface area contributed by atoms with Gasteiger partial charge in [-0.1, -0.05) is 25.7 Å². The van der Waals surface area contributed by atoms with E-state index in [-0.39, 0.29) is 16.6 Å². The molecule has 0 bridgehead atoms. The van der Waals surface area contributed by atoms with Gasteiger partial charge in [-0.2, -0.15) is 18.4 Å². The topological polar surface area (TPSA) is 108 Å². The average molecular weight is 505 g/mol. The number of rotatable bonds is 10. The van der Waals surface area contributed by atoms with Crippen LogP contribution >= 0.6 is 12.2 Å². The molecule has 182 valence electrons. The molecule has 12 heteroatoms. The summed E-state index contributed by atoms with van der Waals surface area (Å²) in [5, 5.41) is 14.1. The van der Waals surface area contributed by atoms with Crippen LogP contribution in [0.4, 0.5) is 18.9 Å². The van der Waals surface area contributed by atoms with E-state index in [0.29, 0.717) is 19.4 Å². The van der Waals surface area contributed by atoms with Gasteiger partial charge in [-0.25, -0.2) is 13.6 Å². The molecule has 2 rings (SSSR count). The quantitative estimate of drug-likeness (QED) is 0.382. The molecule has 1 aliphatic heterocycles. The number of nitrogens with zero attached hydrogens (tertiary/aromatic N) is 3. The number of sulfonamides is 1. The summed E-state index contributed by atoms with van der Waals surface area (Å²) in [4.78, 5) is 15.8. The maximum Gasteiger partial charge on any atom is 0.417 e. The van der Waals surface area contributed by atoms with E-state index in [1.54, 1.807) is 18.7 Å². The van der Waals surface area contributed by atoms with Gasteiger partial charge in [0.15, 0.2) is 5.11 Å². The number of primary sulfonamides is 1. The van der Waals surface area contributed by atoms with Crippen LogP contribution in [0.15, 0.2) is 18.2 Å². The lowest BCUT2D eigenvalue weighted by Gasteiger charge is -2.29. The number of benzene rings is 1. The van der Waals surface area contributed by atoms with Gasteiger partial charge < -0.3 is 4.90 Å². The second-order valence-corrected chi connectivity index (χ2v) is 10.6. The summed E-state index contributed by atoms with van der Waals surface area (Å²) in [6.45, 7) is 3.79. The van der Waals surface area contributed by atoms with Crippen molar-refractivity contribution >= 4 is 38.9 Å². The van der Waals surface area contributed by atoms with Gasteiger partial charge in [0, 0.05) is 6.54 Å². The Morgan fingerprint density at radius 2 is 1.70 bits per heavy atom. The van der Waals surface area contributed by atoms with Crippen molar-refractivity contribution in [2.75, 3.05) is 17.2 Å². The third-order valence-electron chi connectivity index (χ3n) is 5.57. The molecule has 1 aromatic carbocycles. The number of hydrogen-bond acceptors (Lipinski definition) is 5. The lowest BCUT2D eigenvalue weighted by Crippen LogP contribution is -2.44. The van der Waals surface area contributed by atoms with Crippen LogP contribution in [0.1, 0.15) is 63.5 Å². The molecule has 0 atom stereocenters. The van der Waals surface area contributed by atoms with E-state index in [9.17, 15) is 26.4 Å². The molecule has 0 spiro atoms. The Bertz CT molecular complexity index is 1050. The molecule has 1 fully saturated rings. The summed E-state index contributed by atoms with van der Waals surface area (Å²) in [7, 11) is -3.44. The minimum atomic E-state index is -4.74. The van der Waals surface area contributed by atoms with E-state index in [2.05, 4.69) is 0 Å². The zero-order valence-corrected chi connectivity index (χ0v) is 20.1. The summed E-state index contributed by atoms with van der Waals surface area (Å²) >= 11 is 5.45. The molecule has 1 heterocycles. The van der Waals surface area contributed by atoms with Gasteiger partial charge in [0.1, 0.15) is 5.54 Å². The van der Waals surface area contributed by atoms with E-state index in [1.165, 1.54) is 12.1 Å². The van der Waals surface area contributed by atoms with Crippen LogP contribution in [-0.2, 0) is 21.0 Å². The summed E-state index contributed by atoms with van der Waals surface area (Å²) in [5.74, 6) is -0.472. The van der Waals surface area contributed by atoms with E-state index in [4.69, 9.17) is 22.6 Å². The number of carbonyl (C=O) groups is 1. The molecule has 0 aromatic heterocycles. The van der Waals surface area contributed by atoms with E-state index in [1.807, 2.05) is 0 Å². The number of unbranched alkanes of at least 4 members (excludes halogenated alkanes) is 5. The number of hydrogen-bond donors (Lipinski definition) is 1. The number of nitriles is 1. The number of thiocarbonyl (C=S) groups is 1. The Balaban J connectivity index is 2.03. The average Bonchev–Trinajstić information content (AvgIpc) is 2.87. The predicted molar refractivity (Wildman–Crippen MR) is 123 cm³/mol. The fourth-order valence-electron chi connectivity index (χ4n) is 3.72. The van der Waals surface area contributed by atoms with Crippen molar-refractivity contribution in [3.63, 3.8) is 0 Å². The molecule has 1 amide bonds. The molecule has 1 aromatic rings. The van der Waals surface area contributed by atoms with Crippen LogP contribution in [0.2, 0.25) is 0 Å². The molecule has 0 radical (unpaired) electrons. The van der Waals surface area contributed by atoms with Crippen LogP contribution in [0, 0.1) is 11.3 Å². The zero-order chi connectivity index (χ0) is 25.0. The normalized spacial score (nSPS) is 16.4. The SMILES string of the molecule is CC1(C)C(=O)N(c2ccc(C#N)c(C(F)(F)F)c2)C(=S)N1CCCCCCCCS(N)(=O)=O. The van der Waals surface area contributed by atoms with Crippen molar-refractivity contribution in [3.05, 3.63) is 29.3 Å². The minimum Gasteiger partial charge on any atom is -0.334 e. The van der Waals surface area contributed by atoms with Crippen molar-refractivity contribution in [2.45, 2.75) is 64.1 Å². The molecule has 1 aliphatic rings. The van der Waals surface area contributed by atoms with Crippen LogP contribution in [0.25, 0.3) is 0 Å². The van der Waals surface area contributed by atoms with Gasteiger partial charge in [-0.15, -0.1) is 0 Å². The fraction of sp³-hybridized carbons (Fsp3) is 0.571. The lowest BCUT2D eigenvalue weighted by molar-refractivity contribution is -0.137. The fourth-order valence-corrected chi connectivity index (χ4v) is 4.84. The third-order valence-corrected chi connectivity index (χ3v) is 6.83. The maximum atomic E-state index is 13.4. The molecule has 7 nitrogen and oxygen atoms in total. The molecule has 33 heavy (non-hydrogen) atoms. The van der Waals surface area contributed by atoms with Crippen LogP contribution in [0.3, 0.4) is 0 Å². The highest BCUT2D eigenvalue weighted by Gasteiger charge is 2.49. The number of carbonyl (C=O) groups excluding carboxylic acids is 1. The largest absolute Gasteiger partial charge is 0.417 e. The predicted octanol–water partition coefficient (Wildman–Crippen LogP) is 3.92. The van der Waals surface area contributed by atoms with E-state index < -0.39 is 38.8 Å². The van der Waals surface area contributed by atoms with Crippen molar-refractivity contribution in [2.24, 2.45) is 5.14 Å². The van der Waals surface area contributed by atoms with Gasteiger partial charge in [0.05, 0.1) is 28.6 Å². The number of alkyl halides is 3. The second-order valence-electron chi connectivity index (χ2n) is 8.46. The Kier molecular flexibility index (Phi) is 8.48. The first-order chi connectivity index (χ1) is 15.2. The Morgan fingerprint density at radius 3 is 2.24 bits per heavy atom. The molecular formula is C21H27F3N4O3S2. The third kappa shape index (κ3) is 6.65. The van der Waals surface area contributed by atoms with Crippen LogP contribution in [0.5, 0.6) is 0 Å². The smallest absolute Gasteiger partial charge is 0.334 e. The van der Waals surface area contributed by atoms with Crippen LogP contribution < -0.4 is 10.0 Å². The molecule has 0 aliphatic carbocycles. The van der Waals surface area contributed by atoms with Crippen molar-refractivity contribution < 1.29 is 26.4 Å². The van der Waals surface area contributed by atoms with Gasteiger partial charge in [0.25, 0.3) is 5.91 Å². The molecule has 0 unspecified atom stereocenters. The highest BCUT2D eigenvalue weighted by atomic mass is 32.2. The van der Waals surface area contributed by atoms with Crippen LogP contribution in [-0.4, -0.2) is 42.2 Å². The first-order valence-corrected chi connectivity index (χ1v) is 12.6. The number of amides is 1. The number of nitrogens with two attached hydrogens (primary N) is 1. The van der Waals surface area contributed by atoms with Gasteiger partial charge in [-0.3, -0.25) is 9.69 Å². The first kappa shape index (κ1) is 27.0. The van der Waals surface area contributed by atoms with E-state index >= 15 is 0 Å². The van der Waals surface area contributed by atoms with Gasteiger partial charge >= 0.3 is 6.18 Å². The molecule has 0 saturated carbocycles. The summed E-state index contributed by atoms with van der Waals surface area (Å²) in [5.41, 5.74) is -2.69. The summed E-state index contributed by atoms with van der Waals surface area (Å²) in [6, 6.07) is 4.64. The van der Waals surface area contributed by atoms with Crippen molar-refractivity contribution in [3.8, 4) is 6.07 Å². The number of halogens is 3. The molecular weight excluding hydrogens is 477 g/mol. The second kappa shape index (κ2) is 10.4. The minimum absolute atomic E-state index is 0.0262. The first-order valence-electron chi connectivity index (χ1n) is 10.5. The summed E-state index contributed by atoms with van der Waals surface area (Å²) in [6.07, 6.45) is -0.232. The lowest BCUT2D eigenvalue weighted by atomic mass is 10.0. The monoisotopic (exact) mass is 504 g/mol. The van der Waals surface area contributed by atoms with Crippen molar-refractivity contribution in [1.82, 2.24) is 4.90 Å². The van der Waals surface area contributed by atoms with Crippen molar-refractivity contribution in [1.29, 1.82) is 5.26 Å². The summed E-state index contributed by atoms with van der Waals surface area (Å²) < 4.78 is 61.9. The van der Waals surface area contributed by atoms with Gasteiger partial charge in [0.2, 0.25) is 10.0 Å². The highest BCUT2D eigenvalue weighted by Crippen LogP contribution is 2.37. The Morgan fingerprint density at radius 1 is 1.12 bits per heavy atom. The molecule has 2 N–H and O–H groups in total. The van der Waals surface area contributed by atoms with E-state index in [0.717, 1.165) is 42.7 Å². The highest BCUT2D eigenvalue weighted by molar-refractivity contribution is 7.89. The Labute approximate surface area is 197 Å². The zero-order valence-electron chi connectivity index (χ0n) is 18.5. The Hall–Kier alpha value is -2.23. The maximum absolute atomic E-state index is 13.4. The number of anilines is 1. The molecule has 1 saturated heterocycles. The van der Waals surface area contributed by atoms with Gasteiger partial charge in [-0.05, 0) is 57.1 Å².